The second-order valence-corrected chi connectivity index (χ2v) is 5.20. The Labute approximate surface area is 135 Å². The highest BCUT2D eigenvalue weighted by molar-refractivity contribution is 6.04. The first-order chi connectivity index (χ1) is 11.5. The summed E-state index contributed by atoms with van der Waals surface area (Å²) in [4.78, 5) is 34.5. The van der Waals surface area contributed by atoms with Gasteiger partial charge in [0.05, 0.1) is 10.3 Å². The topological polar surface area (TPSA) is 102 Å². The van der Waals surface area contributed by atoms with Crippen molar-refractivity contribution in [2.45, 2.75) is 6.92 Å². The van der Waals surface area contributed by atoms with Crippen LogP contribution in [0.25, 0.3) is 10.8 Å². The number of hydrogen-bond acceptors (Lipinski definition) is 5. The molecule has 0 fully saturated rings. The summed E-state index contributed by atoms with van der Waals surface area (Å²) in [6, 6.07) is 12.3. The first-order valence-corrected chi connectivity index (χ1v) is 7.05. The number of amides is 1. The standard InChI is InChI=1S/C17H12N2O5/c1-10-8-12(19(22)23)6-7-14(10)18-16(20)15-9-11-4-2-3-5-13(11)17(21)24-15/h2-9H,1H3,(H,18,20). The molecule has 1 N–H and O–H groups in total. The number of hydrogen-bond donors (Lipinski definition) is 1. The molecule has 0 radical (unpaired) electrons. The second kappa shape index (κ2) is 5.96. The van der Waals surface area contributed by atoms with E-state index in [9.17, 15) is 19.7 Å². The molecular formula is C17H12N2O5. The fourth-order valence-corrected chi connectivity index (χ4v) is 2.33. The van der Waals surface area contributed by atoms with Crippen molar-refractivity contribution < 1.29 is 14.1 Å². The summed E-state index contributed by atoms with van der Waals surface area (Å²) in [5.74, 6) is -0.730. The monoisotopic (exact) mass is 324 g/mol. The van der Waals surface area contributed by atoms with Gasteiger partial charge in [0.1, 0.15) is 0 Å². The summed E-state index contributed by atoms with van der Waals surface area (Å²) in [5.41, 5.74) is 0.267. The molecule has 120 valence electrons. The van der Waals surface area contributed by atoms with E-state index in [1.54, 1.807) is 31.2 Å². The van der Waals surface area contributed by atoms with Crippen molar-refractivity contribution in [1.29, 1.82) is 0 Å². The highest BCUT2D eigenvalue weighted by atomic mass is 16.6. The molecule has 7 heteroatoms. The molecule has 0 saturated carbocycles. The van der Waals surface area contributed by atoms with Crippen LogP contribution in [0.4, 0.5) is 11.4 Å². The lowest BCUT2D eigenvalue weighted by Gasteiger charge is -2.08. The third-order valence-corrected chi connectivity index (χ3v) is 3.56. The summed E-state index contributed by atoms with van der Waals surface area (Å²) in [5, 5.41) is 14.3. The smallest absolute Gasteiger partial charge is 0.344 e. The van der Waals surface area contributed by atoms with Gasteiger partial charge in [0, 0.05) is 17.8 Å². The maximum Gasteiger partial charge on any atom is 0.344 e. The zero-order chi connectivity index (χ0) is 17.3. The number of nitro benzene ring substituents is 1. The summed E-state index contributed by atoms with van der Waals surface area (Å²) in [6.07, 6.45) is 0. The number of non-ortho nitro benzene ring substituents is 1. The van der Waals surface area contributed by atoms with Crippen LogP contribution in [0, 0.1) is 17.0 Å². The number of rotatable bonds is 3. The largest absolute Gasteiger partial charge is 0.417 e. The molecule has 24 heavy (non-hydrogen) atoms. The number of fused-ring (bicyclic) bond motifs is 1. The number of nitrogens with zero attached hydrogens (tertiary/aromatic N) is 1. The third-order valence-electron chi connectivity index (χ3n) is 3.56. The van der Waals surface area contributed by atoms with E-state index in [0.717, 1.165) is 0 Å². The average molecular weight is 324 g/mol. The quantitative estimate of drug-likeness (QED) is 0.588. The Morgan fingerprint density at radius 1 is 1.17 bits per heavy atom. The maximum absolute atomic E-state index is 12.3. The van der Waals surface area contributed by atoms with Gasteiger partial charge < -0.3 is 9.73 Å². The predicted octanol–water partition coefficient (Wildman–Crippen LogP) is 3.26. The number of nitro groups is 1. The Morgan fingerprint density at radius 3 is 2.62 bits per heavy atom. The molecule has 0 aliphatic rings. The molecule has 2 aromatic carbocycles. The first-order valence-electron chi connectivity index (χ1n) is 7.05. The van der Waals surface area contributed by atoms with Crippen molar-refractivity contribution in [1.82, 2.24) is 0 Å². The fourth-order valence-electron chi connectivity index (χ4n) is 2.33. The molecule has 0 unspecified atom stereocenters. The Balaban J connectivity index is 1.93. The molecule has 0 saturated heterocycles. The Kier molecular flexibility index (Phi) is 3.83. The van der Waals surface area contributed by atoms with Crippen LogP contribution in [-0.4, -0.2) is 10.8 Å². The zero-order valence-electron chi connectivity index (χ0n) is 12.6. The molecule has 0 bridgehead atoms. The van der Waals surface area contributed by atoms with E-state index in [0.29, 0.717) is 22.0 Å². The molecule has 0 aliphatic heterocycles. The number of carbonyl (C=O) groups excluding carboxylic acids is 1. The van der Waals surface area contributed by atoms with Crippen molar-refractivity contribution in [2.75, 3.05) is 5.32 Å². The molecular weight excluding hydrogens is 312 g/mol. The normalized spacial score (nSPS) is 10.5. The van der Waals surface area contributed by atoms with Crippen LogP contribution in [0.3, 0.4) is 0 Å². The number of nitrogens with one attached hydrogen (secondary N) is 1. The van der Waals surface area contributed by atoms with Crippen LogP contribution < -0.4 is 10.9 Å². The number of benzene rings is 2. The Bertz CT molecular complexity index is 1020. The van der Waals surface area contributed by atoms with Crippen LogP contribution in [0.2, 0.25) is 0 Å². The van der Waals surface area contributed by atoms with Gasteiger partial charge in [-0.3, -0.25) is 14.9 Å². The van der Waals surface area contributed by atoms with Gasteiger partial charge in [0.25, 0.3) is 11.6 Å². The molecule has 1 aromatic heterocycles. The molecule has 0 atom stereocenters. The lowest BCUT2D eigenvalue weighted by atomic mass is 10.1. The van der Waals surface area contributed by atoms with E-state index in [4.69, 9.17) is 4.42 Å². The zero-order valence-corrected chi connectivity index (χ0v) is 12.6. The molecule has 3 rings (SSSR count). The summed E-state index contributed by atoms with van der Waals surface area (Å²) < 4.78 is 5.05. The highest BCUT2D eigenvalue weighted by Gasteiger charge is 2.15. The van der Waals surface area contributed by atoms with Crippen molar-refractivity contribution in [3.63, 3.8) is 0 Å². The number of aryl methyl sites for hydroxylation is 1. The fraction of sp³-hybridized carbons (Fsp3) is 0.0588. The van der Waals surface area contributed by atoms with E-state index in [1.807, 2.05) is 0 Å². The molecule has 3 aromatic rings. The van der Waals surface area contributed by atoms with Gasteiger partial charge in [-0.15, -0.1) is 0 Å². The van der Waals surface area contributed by atoms with Crippen LogP contribution in [-0.2, 0) is 0 Å². The molecule has 1 heterocycles. The average Bonchev–Trinajstić information content (AvgIpc) is 2.56. The van der Waals surface area contributed by atoms with Crippen molar-refractivity contribution in [3.05, 3.63) is 80.4 Å². The minimum Gasteiger partial charge on any atom is -0.417 e. The van der Waals surface area contributed by atoms with Crippen LogP contribution in [0.5, 0.6) is 0 Å². The van der Waals surface area contributed by atoms with E-state index < -0.39 is 16.5 Å². The molecule has 0 spiro atoms. The van der Waals surface area contributed by atoms with Crippen LogP contribution in [0.15, 0.2) is 57.7 Å². The van der Waals surface area contributed by atoms with Crippen molar-refractivity contribution in [2.24, 2.45) is 0 Å². The lowest BCUT2D eigenvalue weighted by molar-refractivity contribution is -0.384. The van der Waals surface area contributed by atoms with Gasteiger partial charge in [-0.1, -0.05) is 18.2 Å². The van der Waals surface area contributed by atoms with Gasteiger partial charge in [-0.05, 0) is 36.1 Å². The van der Waals surface area contributed by atoms with E-state index in [-0.39, 0.29) is 11.4 Å². The van der Waals surface area contributed by atoms with Crippen molar-refractivity contribution in [3.8, 4) is 0 Å². The molecule has 0 aliphatic carbocycles. The Hall–Kier alpha value is -3.48. The Morgan fingerprint density at radius 2 is 1.92 bits per heavy atom. The minimum atomic E-state index is -0.602. The molecule has 1 amide bonds. The van der Waals surface area contributed by atoms with Crippen molar-refractivity contribution >= 4 is 28.1 Å². The van der Waals surface area contributed by atoms with E-state index in [1.165, 1.54) is 24.3 Å². The highest BCUT2D eigenvalue weighted by Crippen LogP contribution is 2.22. The summed E-state index contributed by atoms with van der Waals surface area (Å²) >= 11 is 0. The minimum absolute atomic E-state index is 0.0669. The predicted molar refractivity (Wildman–Crippen MR) is 88.3 cm³/mol. The number of carbonyl (C=O) groups is 1. The first kappa shape index (κ1) is 15.4. The summed E-state index contributed by atoms with van der Waals surface area (Å²) in [6.45, 7) is 1.64. The maximum atomic E-state index is 12.3. The van der Waals surface area contributed by atoms with E-state index >= 15 is 0 Å². The van der Waals surface area contributed by atoms with E-state index in [2.05, 4.69) is 5.32 Å². The SMILES string of the molecule is Cc1cc([N+](=O)[O-])ccc1NC(=O)c1cc2ccccc2c(=O)o1. The molecule has 7 nitrogen and oxygen atoms in total. The van der Waals surface area contributed by atoms with Gasteiger partial charge in [0.2, 0.25) is 0 Å². The number of anilines is 1. The summed E-state index contributed by atoms with van der Waals surface area (Å²) in [7, 11) is 0. The third kappa shape index (κ3) is 2.87. The van der Waals surface area contributed by atoms with Gasteiger partial charge >= 0.3 is 5.63 Å². The lowest BCUT2D eigenvalue weighted by Crippen LogP contribution is -2.15. The van der Waals surface area contributed by atoms with Gasteiger partial charge in [-0.2, -0.15) is 0 Å². The second-order valence-electron chi connectivity index (χ2n) is 5.20. The van der Waals surface area contributed by atoms with Gasteiger partial charge in [0.15, 0.2) is 5.76 Å². The van der Waals surface area contributed by atoms with Crippen LogP contribution in [0.1, 0.15) is 16.1 Å². The van der Waals surface area contributed by atoms with Gasteiger partial charge in [-0.25, -0.2) is 4.79 Å². The van der Waals surface area contributed by atoms with Crippen LogP contribution >= 0.6 is 0 Å².